The smallest absolute Gasteiger partial charge is 0.279 e. The van der Waals surface area contributed by atoms with Gasteiger partial charge in [-0.3, -0.25) is 4.79 Å². The van der Waals surface area contributed by atoms with Crippen molar-refractivity contribution in [3.05, 3.63) is 59.2 Å². The summed E-state index contributed by atoms with van der Waals surface area (Å²) < 4.78 is 5.18. The summed E-state index contributed by atoms with van der Waals surface area (Å²) in [7, 11) is 1.62. The predicted molar refractivity (Wildman–Crippen MR) is 97.6 cm³/mol. The Balaban J connectivity index is 1.97. The number of ether oxygens (including phenoxy) is 1. The molecule has 0 aliphatic heterocycles. The minimum absolute atomic E-state index is 0.0180. The first kappa shape index (κ1) is 18.0. The molecular weight excluding hydrogens is 300 g/mol. The molecule has 128 valence electrons. The molecular formula is C20H27N2O2+. The van der Waals surface area contributed by atoms with Crippen molar-refractivity contribution in [2.24, 2.45) is 0 Å². The second kappa shape index (κ2) is 8.50. The third-order valence-corrected chi connectivity index (χ3v) is 4.00. The molecule has 0 aliphatic carbocycles. The van der Waals surface area contributed by atoms with E-state index < -0.39 is 0 Å². The standard InChI is InChI=1S/C20H26N2O2/c1-5-22(13-17-10-15(2)9-16(3)11-17)14-20(23)21-18-7-6-8-19(12-18)24-4/h6-12H,5,13-14H2,1-4H3,(H,21,23)/p+1. The van der Waals surface area contributed by atoms with Crippen molar-refractivity contribution in [3.63, 3.8) is 0 Å². The molecule has 0 bridgehead atoms. The fourth-order valence-electron chi connectivity index (χ4n) is 2.91. The van der Waals surface area contributed by atoms with Gasteiger partial charge in [-0.2, -0.15) is 0 Å². The van der Waals surface area contributed by atoms with Crippen LogP contribution in [0.5, 0.6) is 5.75 Å². The summed E-state index contributed by atoms with van der Waals surface area (Å²) in [6, 6.07) is 14.0. The minimum atomic E-state index is 0.0180. The molecule has 0 heterocycles. The molecule has 2 aromatic rings. The Labute approximate surface area is 144 Å². The van der Waals surface area contributed by atoms with Gasteiger partial charge < -0.3 is 15.0 Å². The molecule has 0 spiro atoms. The molecule has 0 saturated heterocycles. The SMILES string of the molecule is CC[NH+](CC(=O)Nc1cccc(OC)c1)Cc1cc(C)cc(C)c1. The molecule has 0 aliphatic rings. The molecule has 2 rings (SSSR count). The third kappa shape index (κ3) is 5.39. The van der Waals surface area contributed by atoms with Gasteiger partial charge in [-0.1, -0.05) is 35.4 Å². The van der Waals surface area contributed by atoms with E-state index in [2.05, 4.69) is 44.3 Å². The Morgan fingerprint density at radius 1 is 1.12 bits per heavy atom. The predicted octanol–water partition coefficient (Wildman–Crippen LogP) is 2.36. The first-order chi connectivity index (χ1) is 11.5. The molecule has 0 radical (unpaired) electrons. The molecule has 2 aromatic carbocycles. The van der Waals surface area contributed by atoms with Gasteiger partial charge in [0.1, 0.15) is 12.3 Å². The van der Waals surface area contributed by atoms with Crippen LogP contribution < -0.4 is 15.0 Å². The van der Waals surface area contributed by atoms with Crippen LogP contribution in [0.15, 0.2) is 42.5 Å². The number of methoxy groups -OCH3 is 1. The Morgan fingerprint density at radius 3 is 2.46 bits per heavy atom. The van der Waals surface area contributed by atoms with Crippen LogP contribution in [0.4, 0.5) is 5.69 Å². The van der Waals surface area contributed by atoms with Crippen LogP contribution in [0.25, 0.3) is 0 Å². The van der Waals surface area contributed by atoms with Crippen molar-refractivity contribution in [1.82, 2.24) is 0 Å². The number of likely N-dealkylation sites (N-methyl/N-ethyl adjacent to an activating group) is 1. The highest BCUT2D eigenvalue weighted by molar-refractivity contribution is 5.91. The third-order valence-electron chi connectivity index (χ3n) is 4.00. The summed E-state index contributed by atoms with van der Waals surface area (Å²) in [4.78, 5) is 13.6. The molecule has 4 nitrogen and oxygen atoms in total. The van der Waals surface area contributed by atoms with Crippen molar-refractivity contribution < 1.29 is 14.4 Å². The zero-order valence-corrected chi connectivity index (χ0v) is 15.0. The van der Waals surface area contributed by atoms with Crippen LogP contribution >= 0.6 is 0 Å². The van der Waals surface area contributed by atoms with Crippen LogP contribution in [0.2, 0.25) is 0 Å². The number of rotatable bonds is 7. The number of hydrogen-bond acceptors (Lipinski definition) is 2. The van der Waals surface area contributed by atoms with Gasteiger partial charge in [-0.05, 0) is 32.9 Å². The fraction of sp³-hybridized carbons (Fsp3) is 0.350. The summed E-state index contributed by atoms with van der Waals surface area (Å²) in [6.07, 6.45) is 0. The highest BCUT2D eigenvalue weighted by atomic mass is 16.5. The van der Waals surface area contributed by atoms with Gasteiger partial charge in [0.05, 0.1) is 13.7 Å². The van der Waals surface area contributed by atoms with Gasteiger partial charge in [0.2, 0.25) is 0 Å². The number of anilines is 1. The Morgan fingerprint density at radius 2 is 1.83 bits per heavy atom. The fourth-order valence-corrected chi connectivity index (χ4v) is 2.91. The van der Waals surface area contributed by atoms with E-state index in [1.54, 1.807) is 7.11 Å². The number of carbonyl (C=O) groups excluding carboxylic acids is 1. The largest absolute Gasteiger partial charge is 0.497 e. The van der Waals surface area contributed by atoms with Crippen molar-refractivity contribution in [3.8, 4) is 5.75 Å². The summed E-state index contributed by atoms with van der Waals surface area (Å²) >= 11 is 0. The topological polar surface area (TPSA) is 42.8 Å². The lowest BCUT2D eigenvalue weighted by atomic mass is 10.1. The quantitative estimate of drug-likeness (QED) is 0.820. The van der Waals surface area contributed by atoms with E-state index in [-0.39, 0.29) is 5.91 Å². The second-order valence-corrected chi connectivity index (χ2v) is 6.23. The van der Waals surface area contributed by atoms with E-state index in [4.69, 9.17) is 4.74 Å². The molecule has 0 aromatic heterocycles. The lowest BCUT2D eigenvalue weighted by molar-refractivity contribution is -0.903. The van der Waals surface area contributed by atoms with E-state index in [1.807, 2.05) is 24.3 Å². The normalized spacial score (nSPS) is 11.8. The average Bonchev–Trinajstić information content (AvgIpc) is 2.53. The first-order valence-corrected chi connectivity index (χ1v) is 8.34. The lowest BCUT2D eigenvalue weighted by Gasteiger charge is -2.18. The number of benzene rings is 2. The summed E-state index contributed by atoms with van der Waals surface area (Å²) in [5.41, 5.74) is 4.57. The maximum atomic E-state index is 12.3. The molecule has 1 unspecified atom stereocenters. The Hall–Kier alpha value is -2.33. The van der Waals surface area contributed by atoms with Gasteiger partial charge in [-0.25, -0.2) is 0 Å². The maximum absolute atomic E-state index is 12.3. The number of aryl methyl sites for hydroxylation is 2. The molecule has 2 N–H and O–H groups in total. The van der Waals surface area contributed by atoms with Crippen molar-refractivity contribution in [2.75, 3.05) is 25.5 Å². The maximum Gasteiger partial charge on any atom is 0.279 e. The summed E-state index contributed by atoms with van der Waals surface area (Å²) in [5, 5.41) is 2.95. The van der Waals surface area contributed by atoms with E-state index >= 15 is 0 Å². The van der Waals surface area contributed by atoms with Gasteiger partial charge in [0.15, 0.2) is 6.54 Å². The van der Waals surface area contributed by atoms with E-state index in [0.717, 1.165) is 24.5 Å². The van der Waals surface area contributed by atoms with Gasteiger partial charge in [0, 0.05) is 17.3 Å². The second-order valence-electron chi connectivity index (χ2n) is 6.23. The van der Waals surface area contributed by atoms with E-state index in [0.29, 0.717) is 6.54 Å². The number of carbonyl (C=O) groups is 1. The number of amides is 1. The van der Waals surface area contributed by atoms with Crippen molar-refractivity contribution >= 4 is 11.6 Å². The average molecular weight is 327 g/mol. The molecule has 0 fully saturated rings. The van der Waals surface area contributed by atoms with Crippen LogP contribution in [-0.2, 0) is 11.3 Å². The highest BCUT2D eigenvalue weighted by Crippen LogP contribution is 2.16. The first-order valence-electron chi connectivity index (χ1n) is 8.34. The zero-order valence-electron chi connectivity index (χ0n) is 15.0. The molecule has 24 heavy (non-hydrogen) atoms. The summed E-state index contributed by atoms with van der Waals surface area (Å²) in [6.45, 7) is 8.52. The number of nitrogens with one attached hydrogen (secondary N) is 2. The van der Waals surface area contributed by atoms with Crippen LogP contribution in [0.1, 0.15) is 23.6 Å². The molecule has 4 heteroatoms. The van der Waals surface area contributed by atoms with Crippen LogP contribution in [0, 0.1) is 13.8 Å². The van der Waals surface area contributed by atoms with Crippen molar-refractivity contribution in [2.45, 2.75) is 27.3 Å². The van der Waals surface area contributed by atoms with Crippen LogP contribution in [0.3, 0.4) is 0 Å². The monoisotopic (exact) mass is 327 g/mol. The van der Waals surface area contributed by atoms with Crippen LogP contribution in [-0.4, -0.2) is 26.1 Å². The molecule has 0 saturated carbocycles. The molecule has 1 atom stereocenters. The minimum Gasteiger partial charge on any atom is -0.497 e. The number of hydrogen-bond donors (Lipinski definition) is 2. The van der Waals surface area contributed by atoms with Crippen molar-refractivity contribution in [1.29, 1.82) is 0 Å². The zero-order chi connectivity index (χ0) is 17.5. The molecule has 1 amide bonds. The Bertz CT molecular complexity index is 678. The van der Waals surface area contributed by atoms with Gasteiger partial charge >= 0.3 is 0 Å². The number of quaternary nitrogens is 1. The van der Waals surface area contributed by atoms with E-state index in [1.165, 1.54) is 21.6 Å². The van der Waals surface area contributed by atoms with E-state index in [9.17, 15) is 4.79 Å². The van der Waals surface area contributed by atoms with Gasteiger partial charge in [-0.15, -0.1) is 0 Å². The van der Waals surface area contributed by atoms with Gasteiger partial charge in [0.25, 0.3) is 5.91 Å². The highest BCUT2D eigenvalue weighted by Gasteiger charge is 2.14. The Kier molecular flexibility index (Phi) is 6.38. The summed E-state index contributed by atoms with van der Waals surface area (Å²) in [5.74, 6) is 0.757. The lowest BCUT2D eigenvalue weighted by Crippen LogP contribution is -3.11.